The minimum atomic E-state index is -0.227. The van der Waals surface area contributed by atoms with Crippen molar-refractivity contribution in [2.75, 3.05) is 31.9 Å². The zero-order chi connectivity index (χ0) is 11.4. The minimum Gasteiger partial charge on any atom is -0.384 e. The molecule has 0 bridgehead atoms. The second-order valence-corrected chi connectivity index (χ2v) is 8.70. The summed E-state index contributed by atoms with van der Waals surface area (Å²) in [7, 11) is -0.292. The molecule has 0 atom stereocenters. The number of alkyl halides is 1. The van der Waals surface area contributed by atoms with Gasteiger partial charge in [0.05, 0.1) is 16.1 Å². The number of hydrogen-bond acceptors (Lipinski definition) is 3. The highest BCUT2D eigenvalue weighted by Crippen LogP contribution is 1.95. The molecule has 0 aromatic rings. The van der Waals surface area contributed by atoms with E-state index in [1.807, 2.05) is 13.8 Å². The third-order valence-electron chi connectivity index (χ3n) is 1.91. The van der Waals surface area contributed by atoms with Gasteiger partial charge in [0.25, 0.3) is 0 Å². The Labute approximate surface area is 102 Å². The molecule has 0 aliphatic carbocycles. The van der Waals surface area contributed by atoms with Crippen LogP contribution >= 0.6 is 11.6 Å². The molecule has 0 spiro atoms. The van der Waals surface area contributed by atoms with Crippen molar-refractivity contribution in [3.05, 3.63) is 0 Å². The van der Waals surface area contributed by atoms with E-state index in [-0.39, 0.29) is 25.0 Å². The molecule has 0 radical (unpaired) electrons. The molecular weight excluding hydrogens is 248 g/mol. The highest BCUT2D eigenvalue weighted by atomic mass is 35.5. The van der Waals surface area contributed by atoms with E-state index in [1.165, 1.54) is 5.67 Å². The maximum Gasteiger partial charge on any atom is 0.134 e. The van der Waals surface area contributed by atoms with Gasteiger partial charge in [-0.3, -0.25) is 0 Å². The molecule has 0 heterocycles. The zero-order valence-corrected chi connectivity index (χ0v) is 13.4. The fourth-order valence-corrected chi connectivity index (χ4v) is 5.88. The summed E-state index contributed by atoms with van der Waals surface area (Å²) in [6.07, 6.45) is 0.949. The Morgan fingerprint density at radius 3 is 2.40 bits per heavy atom. The maximum absolute atomic E-state index is 5.51. The second kappa shape index (κ2) is 12.7. The van der Waals surface area contributed by atoms with Crippen LogP contribution < -0.4 is 0 Å². The zero-order valence-electron chi connectivity index (χ0n) is 9.84. The third-order valence-corrected chi connectivity index (χ3v) is 7.21. The van der Waals surface area contributed by atoms with Crippen LogP contribution in [0.1, 0.15) is 13.8 Å². The number of ether oxygens (including phenoxy) is 3. The van der Waals surface area contributed by atoms with Gasteiger partial charge < -0.3 is 14.2 Å². The molecule has 0 amide bonds. The molecular formula is C9H23ClO3Si2. The molecule has 0 aliphatic rings. The maximum atomic E-state index is 5.51. The Morgan fingerprint density at radius 1 is 1.20 bits per heavy atom. The van der Waals surface area contributed by atoms with E-state index < -0.39 is 0 Å². The largest absolute Gasteiger partial charge is 0.384 e. The first-order valence-corrected chi connectivity index (χ1v) is 10.1. The van der Waals surface area contributed by atoms with Crippen LogP contribution in [0, 0.1) is 0 Å². The highest BCUT2D eigenvalue weighted by molar-refractivity contribution is 6.56. The molecule has 0 rings (SSSR count). The van der Waals surface area contributed by atoms with Crippen LogP contribution in [0.5, 0.6) is 0 Å². The molecule has 0 aromatic carbocycles. The highest BCUT2D eigenvalue weighted by Gasteiger charge is 2.07. The first kappa shape index (κ1) is 15.6. The summed E-state index contributed by atoms with van der Waals surface area (Å²) < 4.78 is 16.4. The molecule has 92 valence electrons. The van der Waals surface area contributed by atoms with Gasteiger partial charge in [-0.1, -0.05) is 5.67 Å². The lowest BCUT2D eigenvalue weighted by molar-refractivity contribution is -0.0824. The van der Waals surface area contributed by atoms with Gasteiger partial charge in [-0.25, -0.2) is 0 Å². The van der Waals surface area contributed by atoms with Gasteiger partial charge in [-0.15, -0.1) is 11.6 Å². The SMILES string of the molecule is CCOC(OCC)[SiH2]C[SiH2]COCCCl. The normalized spacial score (nSPS) is 12.8. The standard InChI is InChI=1S/C9H23ClO3Si2/c1-3-12-9(13-4-2)15-8-14-7-11-6-5-10/h9H,3-8,14-15H2,1-2H3. The van der Waals surface area contributed by atoms with Gasteiger partial charge in [0.2, 0.25) is 0 Å². The average molecular weight is 271 g/mol. The summed E-state index contributed by atoms with van der Waals surface area (Å²) >= 11 is 5.51. The summed E-state index contributed by atoms with van der Waals surface area (Å²) in [5.74, 6) is 0.729. The van der Waals surface area contributed by atoms with Crippen molar-refractivity contribution in [2.45, 2.75) is 25.4 Å². The smallest absolute Gasteiger partial charge is 0.134 e. The number of hydrogen-bond donors (Lipinski definition) is 0. The van der Waals surface area contributed by atoms with E-state index in [0.717, 1.165) is 19.4 Å². The molecule has 0 N–H and O–H groups in total. The molecule has 0 saturated heterocycles. The molecule has 0 aliphatic heterocycles. The monoisotopic (exact) mass is 270 g/mol. The summed E-state index contributed by atoms with van der Waals surface area (Å²) in [6.45, 7) is 6.23. The van der Waals surface area contributed by atoms with Crippen molar-refractivity contribution < 1.29 is 14.2 Å². The first-order chi connectivity index (χ1) is 7.35. The lowest BCUT2D eigenvalue weighted by Crippen LogP contribution is -2.26. The third kappa shape index (κ3) is 10.9. The lowest BCUT2D eigenvalue weighted by Gasteiger charge is -2.16. The second-order valence-electron chi connectivity index (χ2n) is 3.14. The van der Waals surface area contributed by atoms with E-state index in [9.17, 15) is 0 Å². The Morgan fingerprint density at radius 2 is 1.87 bits per heavy atom. The van der Waals surface area contributed by atoms with Crippen molar-refractivity contribution in [1.82, 2.24) is 0 Å². The molecule has 15 heavy (non-hydrogen) atoms. The van der Waals surface area contributed by atoms with Crippen LogP contribution in [0.25, 0.3) is 0 Å². The van der Waals surface area contributed by atoms with Crippen LogP contribution in [0.15, 0.2) is 0 Å². The van der Waals surface area contributed by atoms with Crippen LogP contribution in [-0.2, 0) is 14.2 Å². The van der Waals surface area contributed by atoms with Gasteiger partial charge in [0.1, 0.15) is 5.91 Å². The van der Waals surface area contributed by atoms with E-state index in [1.54, 1.807) is 0 Å². The predicted molar refractivity (Wildman–Crippen MR) is 70.5 cm³/mol. The van der Waals surface area contributed by atoms with Crippen molar-refractivity contribution in [1.29, 1.82) is 0 Å². The van der Waals surface area contributed by atoms with Gasteiger partial charge in [0.15, 0.2) is 0 Å². The summed E-state index contributed by atoms with van der Waals surface area (Å²) in [6, 6.07) is 0. The van der Waals surface area contributed by atoms with Crippen molar-refractivity contribution in [3.8, 4) is 0 Å². The Balaban J connectivity index is 3.28. The summed E-state index contributed by atoms with van der Waals surface area (Å²) in [5, 5.41) is 0. The van der Waals surface area contributed by atoms with Crippen molar-refractivity contribution in [3.63, 3.8) is 0 Å². The van der Waals surface area contributed by atoms with E-state index >= 15 is 0 Å². The van der Waals surface area contributed by atoms with Gasteiger partial charge in [-0.05, 0) is 13.8 Å². The molecule has 0 aromatic heterocycles. The Bertz CT molecular complexity index is 124. The number of rotatable bonds is 11. The topological polar surface area (TPSA) is 27.7 Å². The van der Waals surface area contributed by atoms with Crippen LogP contribution in [0.3, 0.4) is 0 Å². The van der Waals surface area contributed by atoms with Crippen LogP contribution in [0.4, 0.5) is 0 Å². The molecule has 3 nitrogen and oxygen atoms in total. The molecule has 0 saturated carbocycles. The quantitative estimate of drug-likeness (QED) is 0.234. The minimum absolute atomic E-state index is 0.0649. The summed E-state index contributed by atoms with van der Waals surface area (Å²) in [5.41, 5.74) is 1.34. The van der Waals surface area contributed by atoms with Crippen molar-refractivity contribution in [2.24, 2.45) is 0 Å². The van der Waals surface area contributed by atoms with E-state index in [0.29, 0.717) is 12.5 Å². The Kier molecular flexibility index (Phi) is 13.2. The van der Waals surface area contributed by atoms with Gasteiger partial charge in [0, 0.05) is 34.8 Å². The fourth-order valence-electron chi connectivity index (χ4n) is 1.26. The fraction of sp³-hybridized carbons (Fsp3) is 1.00. The van der Waals surface area contributed by atoms with Crippen LogP contribution in [0.2, 0.25) is 5.67 Å². The summed E-state index contributed by atoms with van der Waals surface area (Å²) in [4.78, 5) is 0. The van der Waals surface area contributed by atoms with E-state index in [4.69, 9.17) is 25.8 Å². The van der Waals surface area contributed by atoms with Gasteiger partial charge in [-0.2, -0.15) is 0 Å². The number of halogens is 1. The average Bonchev–Trinajstić information content (AvgIpc) is 2.24. The first-order valence-electron chi connectivity index (χ1n) is 5.72. The van der Waals surface area contributed by atoms with Gasteiger partial charge >= 0.3 is 0 Å². The van der Waals surface area contributed by atoms with Crippen molar-refractivity contribution >= 4 is 30.6 Å². The molecule has 0 unspecified atom stereocenters. The molecule has 0 fully saturated rings. The van der Waals surface area contributed by atoms with Crippen LogP contribution in [-0.4, -0.2) is 56.9 Å². The molecule has 6 heteroatoms. The van der Waals surface area contributed by atoms with E-state index in [2.05, 4.69) is 0 Å². The predicted octanol–water partition coefficient (Wildman–Crippen LogP) is 0.269. The Hall–Kier alpha value is 0.604. The lowest BCUT2D eigenvalue weighted by atomic mass is 10.9.